The lowest BCUT2D eigenvalue weighted by Crippen LogP contribution is -2.64. The molecule has 3 nitrogen and oxygen atoms in total. The summed E-state index contributed by atoms with van der Waals surface area (Å²) >= 11 is 0. The van der Waals surface area contributed by atoms with E-state index in [0.717, 1.165) is 0 Å². The van der Waals surface area contributed by atoms with E-state index in [1.807, 2.05) is 0 Å². The Balaban J connectivity index is 1.82. The molecule has 0 aliphatic carbocycles. The van der Waals surface area contributed by atoms with E-state index in [1.54, 1.807) is 0 Å². The maximum Gasteiger partial charge on any atom is 0.119 e. The second-order valence-electron chi connectivity index (χ2n) is 4.87. The molecule has 3 aliphatic rings. The van der Waals surface area contributed by atoms with E-state index in [0.29, 0.717) is 6.29 Å². The largest absolute Gasteiger partial charge is 0.275 e. The summed E-state index contributed by atoms with van der Waals surface area (Å²) in [6.45, 7) is 7.99. The zero-order valence-corrected chi connectivity index (χ0v) is 8.99. The predicted octanol–water partition coefficient (Wildman–Crippen LogP) is 0.777. The van der Waals surface area contributed by atoms with Crippen LogP contribution in [0, 0.1) is 0 Å². The molecule has 3 fully saturated rings. The van der Waals surface area contributed by atoms with Gasteiger partial charge >= 0.3 is 0 Å². The topological polar surface area (TPSA) is 9.72 Å². The van der Waals surface area contributed by atoms with Crippen LogP contribution in [0.1, 0.15) is 25.7 Å². The molecule has 0 aromatic carbocycles. The molecule has 0 bridgehead atoms. The van der Waals surface area contributed by atoms with Crippen LogP contribution in [0.3, 0.4) is 0 Å². The smallest absolute Gasteiger partial charge is 0.119 e. The number of hydrogen-bond donors (Lipinski definition) is 0. The summed E-state index contributed by atoms with van der Waals surface area (Å²) in [6, 6.07) is 0. The Kier molecular flexibility index (Phi) is 2.48. The summed E-state index contributed by atoms with van der Waals surface area (Å²) in [5, 5.41) is 0. The van der Waals surface area contributed by atoms with Gasteiger partial charge in [0, 0.05) is 39.3 Å². The van der Waals surface area contributed by atoms with Crippen molar-refractivity contribution in [3.63, 3.8) is 0 Å². The molecule has 0 spiro atoms. The van der Waals surface area contributed by atoms with E-state index < -0.39 is 0 Å². The first-order valence-corrected chi connectivity index (χ1v) is 6.17. The van der Waals surface area contributed by atoms with Gasteiger partial charge in [0.25, 0.3) is 0 Å². The van der Waals surface area contributed by atoms with Gasteiger partial charge in [-0.2, -0.15) is 0 Å². The molecule has 0 saturated carbocycles. The lowest BCUT2D eigenvalue weighted by Gasteiger charge is -2.50. The lowest BCUT2D eigenvalue weighted by molar-refractivity contribution is -0.110. The van der Waals surface area contributed by atoms with Crippen LogP contribution in [0.15, 0.2) is 0 Å². The van der Waals surface area contributed by atoms with E-state index in [2.05, 4.69) is 14.7 Å². The first kappa shape index (κ1) is 9.13. The molecular formula is C11H21N3. The molecule has 3 heteroatoms. The summed E-state index contributed by atoms with van der Waals surface area (Å²) in [6.07, 6.45) is 6.25. The van der Waals surface area contributed by atoms with E-state index in [-0.39, 0.29) is 0 Å². The molecule has 0 radical (unpaired) electrons. The van der Waals surface area contributed by atoms with Crippen LogP contribution in [0.2, 0.25) is 0 Å². The molecule has 3 saturated heterocycles. The molecule has 3 rings (SSSR count). The fraction of sp³-hybridized carbons (Fsp3) is 1.00. The van der Waals surface area contributed by atoms with Crippen LogP contribution >= 0.6 is 0 Å². The van der Waals surface area contributed by atoms with Crippen LogP contribution in [0.4, 0.5) is 0 Å². The second kappa shape index (κ2) is 3.80. The zero-order valence-electron chi connectivity index (χ0n) is 8.99. The van der Waals surface area contributed by atoms with E-state index in [9.17, 15) is 0 Å². The van der Waals surface area contributed by atoms with Crippen LogP contribution in [0.5, 0.6) is 0 Å². The van der Waals surface area contributed by atoms with Crippen LogP contribution in [-0.4, -0.2) is 60.3 Å². The van der Waals surface area contributed by atoms with Crippen molar-refractivity contribution >= 4 is 0 Å². The van der Waals surface area contributed by atoms with Crippen molar-refractivity contribution in [3.8, 4) is 0 Å². The Morgan fingerprint density at radius 1 is 0.500 bits per heavy atom. The molecular weight excluding hydrogens is 174 g/mol. The highest BCUT2D eigenvalue weighted by Gasteiger charge is 2.36. The highest BCUT2D eigenvalue weighted by molar-refractivity contribution is 4.85. The highest BCUT2D eigenvalue weighted by atomic mass is 15.5. The monoisotopic (exact) mass is 195 g/mol. The Bertz CT molecular complexity index is 187. The Hall–Kier alpha value is -0.120. The van der Waals surface area contributed by atoms with Gasteiger partial charge in [-0.3, -0.25) is 14.7 Å². The van der Waals surface area contributed by atoms with Gasteiger partial charge in [0.05, 0.1) is 0 Å². The normalized spacial score (nSPS) is 32.6. The van der Waals surface area contributed by atoms with Crippen molar-refractivity contribution in [2.75, 3.05) is 39.3 Å². The Labute approximate surface area is 86.7 Å². The van der Waals surface area contributed by atoms with Gasteiger partial charge in [-0.25, -0.2) is 0 Å². The minimum atomic E-state index is 0.681. The third-order valence-electron chi connectivity index (χ3n) is 3.90. The van der Waals surface area contributed by atoms with Crippen molar-refractivity contribution < 1.29 is 0 Å². The molecule has 3 aliphatic heterocycles. The van der Waals surface area contributed by atoms with Crippen LogP contribution in [-0.2, 0) is 0 Å². The third kappa shape index (κ3) is 1.47. The van der Waals surface area contributed by atoms with Gasteiger partial charge in [0.2, 0.25) is 0 Å². The minimum Gasteiger partial charge on any atom is -0.275 e. The molecule has 80 valence electrons. The maximum absolute atomic E-state index is 2.70. The zero-order chi connectivity index (χ0) is 9.38. The summed E-state index contributed by atoms with van der Waals surface area (Å²) in [4.78, 5) is 8.10. The molecule has 0 atom stereocenters. The van der Waals surface area contributed by atoms with E-state index in [4.69, 9.17) is 0 Å². The number of rotatable bonds is 0. The van der Waals surface area contributed by atoms with Gasteiger partial charge in [-0.15, -0.1) is 0 Å². The highest BCUT2D eigenvalue weighted by Crippen LogP contribution is 2.25. The molecule has 0 amide bonds. The molecule has 3 heterocycles. The molecule has 0 aromatic rings. The molecule has 14 heavy (non-hydrogen) atoms. The summed E-state index contributed by atoms with van der Waals surface area (Å²) in [5.41, 5.74) is 0. The quantitative estimate of drug-likeness (QED) is 0.565. The second-order valence-corrected chi connectivity index (χ2v) is 4.87. The van der Waals surface area contributed by atoms with Crippen molar-refractivity contribution in [2.45, 2.75) is 32.0 Å². The van der Waals surface area contributed by atoms with Gasteiger partial charge in [-0.05, 0) is 25.7 Å². The fourth-order valence-corrected chi connectivity index (χ4v) is 3.30. The molecule has 0 N–H and O–H groups in total. The first-order valence-electron chi connectivity index (χ1n) is 6.17. The van der Waals surface area contributed by atoms with Gasteiger partial charge in [0.15, 0.2) is 0 Å². The fourth-order valence-electron chi connectivity index (χ4n) is 3.30. The van der Waals surface area contributed by atoms with Crippen molar-refractivity contribution in [2.24, 2.45) is 0 Å². The minimum absolute atomic E-state index is 0.681. The predicted molar refractivity (Wildman–Crippen MR) is 57.0 cm³/mol. The first-order chi connectivity index (χ1) is 6.95. The lowest BCUT2D eigenvalue weighted by atomic mass is 10.2. The Morgan fingerprint density at radius 3 is 1.29 bits per heavy atom. The Morgan fingerprint density at radius 2 is 0.857 bits per heavy atom. The maximum atomic E-state index is 2.70. The van der Waals surface area contributed by atoms with Crippen molar-refractivity contribution in [3.05, 3.63) is 0 Å². The van der Waals surface area contributed by atoms with Crippen LogP contribution in [0.25, 0.3) is 0 Å². The SMILES string of the molecule is C1CCN2CCCN3CCCN(C1)C23. The van der Waals surface area contributed by atoms with Gasteiger partial charge in [0.1, 0.15) is 6.29 Å². The summed E-state index contributed by atoms with van der Waals surface area (Å²) in [7, 11) is 0. The number of nitrogens with zero attached hydrogens (tertiary/aromatic N) is 3. The van der Waals surface area contributed by atoms with Gasteiger partial charge in [-0.1, -0.05) is 0 Å². The van der Waals surface area contributed by atoms with Crippen molar-refractivity contribution in [1.29, 1.82) is 0 Å². The number of hydrogen-bond acceptors (Lipinski definition) is 3. The van der Waals surface area contributed by atoms with Crippen LogP contribution < -0.4 is 0 Å². The third-order valence-corrected chi connectivity index (χ3v) is 3.90. The van der Waals surface area contributed by atoms with Gasteiger partial charge < -0.3 is 0 Å². The van der Waals surface area contributed by atoms with E-state index >= 15 is 0 Å². The summed E-state index contributed by atoms with van der Waals surface area (Å²) in [5.74, 6) is 0. The molecule has 0 aromatic heterocycles. The van der Waals surface area contributed by atoms with Crippen molar-refractivity contribution in [1.82, 2.24) is 14.7 Å². The average molecular weight is 195 g/mol. The standard InChI is InChI=1S/C11H21N3/c1-2-6-13-8-4-10-14-9-3-7-12(5-1)11(13)14/h11H,1-10H2. The summed E-state index contributed by atoms with van der Waals surface area (Å²) < 4.78 is 0. The average Bonchev–Trinajstić information content (AvgIpc) is 2.44. The van der Waals surface area contributed by atoms with E-state index in [1.165, 1.54) is 65.0 Å². The molecule has 0 unspecified atom stereocenters.